The first-order valence-corrected chi connectivity index (χ1v) is 11.3. The number of allylic oxidation sites excluding steroid dienone is 2. The zero-order valence-electron chi connectivity index (χ0n) is 19.5. The predicted octanol–water partition coefficient (Wildman–Crippen LogP) is 4.98. The molecule has 1 unspecified atom stereocenters. The molecule has 0 heterocycles. The van der Waals surface area contributed by atoms with E-state index >= 15 is 0 Å². The Labute approximate surface area is 181 Å². The highest BCUT2D eigenvalue weighted by Gasteiger charge is 2.52. The van der Waals surface area contributed by atoms with Gasteiger partial charge in [0.25, 0.3) is 0 Å². The fourth-order valence-corrected chi connectivity index (χ4v) is 5.99. The molecule has 0 amide bonds. The van der Waals surface area contributed by atoms with E-state index in [4.69, 9.17) is 9.47 Å². The van der Waals surface area contributed by atoms with Crippen LogP contribution in [-0.2, 0) is 19.1 Å². The average Bonchev–Trinajstić information content (AvgIpc) is 2.63. The third kappa shape index (κ3) is 5.96. The van der Waals surface area contributed by atoms with Crippen LogP contribution in [0.15, 0.2) is 23.8 Å². The van der Waals surface area contributed by atoms with E-state index in [1.165, 1.54) is 44.3 Å². The number of hydrogen-bond donors (Lipinski definition) is 1. The molecule has 4 atom stereocenters. The molecule has 0 aromatic heterocycles. The van der Waals surface area contributed by atoms with E-state index in [1.807, 2.05) is 6.92 Å². The average molecular weight is 421 g/mol. The van der Waals surface area contributed by atoms with E-state index < -0.39 is 18.0 Å². The molecule has 2 aliphatic rings. The SMILES string of the molecule is C=C1CC[C@H]2C(C)(C)CCC[C@]2(C)[C@@H]1CC/C(C)=C/C(=O)OC(CO)COC(C)=O. The Morgan fingerprint density at radius 3 is 2.60 bits per heavy atom. The maximum atomic E-state index is 12.2. The number of hydrogen-bond acceptors (Lipinski definition) is 5. The van der Waals surface area contributed by atoms with E-state index in [0.29, 0.717) is 11.3 Å². The fourth-order valence-electron chi connectivity index (χ4n) is 5.99. The van der Waals surface area contributed by atoms with Crippen molar-refractivity contribution in [2.24, 2.45) is 22.7 Å². The Bertz CT molecular complexity index is 677. The van der Waals surface area contributed by atoms with Crippen LogP contribution in [0.25, 0.3) is 0 Å². The fraction of sp³-hybridized carbons (Fsp3) is 0.760. The summed E-state index contributed by atoms with van der Waals surface area (Å²) in [5, 5.41) is 9.31. The Hall–Kier alpha value is -1.62. The van der Waals surface area contributed by atoms with E-state index in [2.05, 4.69) is 27.4 Å². The molecule has 0 aromatic carbocycles. The topological polar surface area (TPSA) is 72.8 Å². The molecule has 5 heteroatoms. The van der Waals surface area contributed by atoms with Crippen molar-refractivity contribution in [3.8, 4) is 0 Å². The van der Waals surface area contributed by atoms with Crippen LogP contribution in [-0.4, -0.2) is 36.4 Å². The van der Waals surface area contributed by atoms with E-state index in [0.717, 1.165) is 30.8 Å². The first-order chi connectivity index (χ1) is 14.0. The molecule has 5 nitrogen and oxygen atoms in total. The van der Waals surface area contributed by atoms with Gasteiger partial charge in [-0.25, -0.2) is 4.79 Å². The van der Waals surface area contributed by atoms with Gasteiger partial charge in [-0.3, -0.25) is 4.79 Å². The van der Waals surface area contributed by atoms with E-state index in [-0.39, 0.29) is 18.6 Å². The van der Waals surface area contributed by atoms with Crippen molar-refractivity contribution in [2.75, 3.05) is 13.2 Å². The maximum Gasteiger partial charge on any atom is 0.331 e. The summed E-state index contributed by atoms with van der Waals surface area (Å²) in [6.45, 7) is 14.4. The molecule has 0 aromatic rings. The molecule has 0 saturated heterocycles. The van der Waals surface area contributed by atoms with Crippen molar-refractivity contribution in [1.29, 1.82) is 0 Å². The van der Waals surface area contributed by atoms with Crippen molar-refractivity contribution in [2.45, 2.75) is 85.7 Å². The zero-order chi connectivity index (χ0) is 22.5. The minimum absolute atomic E-state index is 0.137. The predicted molar refractivity (Wildman–Crippen MR) is 118 cm³/mol. The van der Waals surface area contributed by atoms with E-state index in [9.17, 15) is 14.7 Å². The third-order valence-electron chi connectivity index (χ3n) is 7.47. The molecule has 170 valence electrons. The molecule has 0 bridgehead atoms. The molecule has 2 rings (SSSR count). The third-order valence-corrected chi connectivity index (χ3v) is 7.47. The quantitative estimate of drug-likeness (QED) is 0.341. The van der Waals surface area contributed by atoms with Gasteiger partial charge in [0.05, 0.1) is 6.61 Å². The van der Waals surface area contributed by atoms with Crippen molar-refractivity contribution >= 4 is 11.9 Å². The van der Waals surface area contributed by atoms with Gasteiger partial charge < -0.3 is 14.6 Å². The normalized spacial score (nSPS) is 29.7. The first kappa shape index (κ1) is 24.6. The number of carbonyl (C=O) groups excluding carboxylic acids is 2. The molecule has 0 spiro atoms. The van der Waals surface area contributed by atoms with Gasteiger partial charge in [-0.1, -0.05) is 44.9 Å². The van der Waals surface area contributed by atoms with Gasteiger partial charge in [-0.05, 0) is 68.1 Å². The Morgan fingerprint density at radius 1 is 1.27 bits per heavy atom. The smallest absolute Gasteiger partial charge is 0.331 e. The number of carbonyl (C=O) groups is 2. The molecule has 2 aliphatic carbocycles. The van der Waals surface area contributed by atoms with Crippen LogP contribution in [0.1, 0.15) is 79.6 Å². The maximum absolute atomic E-state index is 12.2. The lowest BCUT2D eigenvalue weighted by Crippen LogP contribution is -2.49. The second kappa shape index (κ2) is 10.1. The molecule has 1 N–H and O–H groups in total. The number of ether oxygens (including phenoxy) is 2. The molecular weight excluding hydrogens is 380 g/mol. The summed E-state index contributed by atoms with van der Waals surface area (Å²) in [6.07, 6.45) is 8.64. The monoisotopic (exact) mass is 420 g/mol. The molecule has 0 radical (unpaired) electrons. The standard InChI is InChI=1S/C25H40O5/c1-17(14-23(28)30-20(15-26)16-29-19(3)27)8-10-21-18(2)9-11-22-24(4,5)12-7-13-25(21,22)6/h14,20-22,26H,2,7-13,15-16H2,1,3-6H3/b17-14+/t20?,21-,22+,25-/m1/s1. The largest absolute Gasteiger partial charge is 0.462 e. The number of aliphatic hydroxyl groups is 1. The van der Waals surface area contributed by atoms with Gasteiger partial charge in [-0.2, -0.15) is 0 Å². The molecule has 30 heavy (non-hydrogen) atoms. The Morgan fingerprint density at radius 2 is 1.97 bits per heavy atom. The van der Waals surface area contributed by atoms with Crippen LogP contribution >= 0.6 is 0 Å². The van der Waals surface area contributed by atoms with Crippen LogP contribution in [0.3, 0.4) is 0 Å². The van der Waals surface area contributed by atoms with Crippen molar-refractivity contribution in [1.82, 2.24) is 0 Å². The second-order valence-electron chi connectivity index (χ2n) is 10.2. The van der Waals surface area contributed by atoms with Crippen molar-refractivity contribution in [3.05, 3.63) is 23.8 Å². The molecule has 0 aliphatic heterocycles. The van der Waals surface area contributed by atoms with Crippen LogP contribution < -0.4 is 0 Å². The highest BCUT2D eigenvalue weighted by Crippen LogP contribution is 2.61. The Balaban J connectivity index is 1.98. The van der Waals surface area contributed by atoms with Crippen LogP contribution in [0.4, 0.5) is 0 Å². The summed E-state index contributed by atoms with van der Waals surface area (Å²) in [5.41, 5.74) is 2.98. The van der Waals surface area contributed by atoms with Gasteiger partial charge in [0.15, 0.2) is 6.10 Å². The number of fused-ring (bicyclic) bond motifs is 1. The second-order valence-corrected chi connectivity index (χ2v) is 10.2. The summed E-state index contributed by atoms with van der Waals surface area (Å²) in [6, 6.07) is 0. The summed E-state index contributed by atoms with van der Waals surface area (Å²) in [7, 11) is 0. The Kier molecular flexibility index (Phi) is 8.32. The molecule has 2 fully saturated rings. The van der Waals surface area contributed by atoms with Gasteiger partial charge in [-0.15, -0.1) is 0 Å². The van der Waals surface area contributed by atoms with Crippen molar-refractivity contribution in [3.63, 3.8) is 0 Å². The van der Waals surface area contributed by atoms with Crippen molar-refractivity contribution < 1.29 is 24.2 Å². The number of aliphatic hydroxyl groups excluding tert-OH is 1. The minimum atomic E-state index is -0.840. The summed E-state index contributed by atoms with van der Waals surface area (Å²) < 4.78 is 10.0. The van der Waals surface area contributed by atoms with Crippen LogP contribution in [0.2, 0.25) is 0 Å². The highest BCUT2D eigenvalue weighted by molar-refractivity contribution is 5.82. The van der Waals surface area contributed by atoms with Crippen LogP contribution in [0, 0.1) is 22.7 Å². The number of esters is 2. The van der Waals surface area contributed by atoms with Crippen LogP contribution in [0.5, 0.6) is 0 Å². The summed E-state index contributed by atoms with van der Waals surface area (Å²) in [4.78, 5) is 23.1. The van der Waals surface area contributed by atoms with Gasteiger partial charge in [0.2, 0.25) is 0 Å². The van der Waals surface area contributed by atoms with Gasteiger partial charge >= 0.3 is 11.9 Å². The lowest BCUT2D eigenvalue weighted by Gasteiger charge is -2.58. The first-order valence-electron chi connectivity index (χ1n) is 11.3. The molecular formula is C25H40O5. The van der Waals surface area contributed by atoms with E-state index in [1.54, 1.807) is 0 Å². The summed E-state index contributed by atoms with van der Waals surface area (Å²) >= 11 is 0. The lowest BCUT2D eigenvalue weighted by molar-refractivity contribution is -0.156. The number of rotatable bonds is 8. The lowest BCUT2D eigenvalue weighted by atomic mass is 9.47. The summed E-state index contributed by atoms with van der Waals surface area (Å²) in [5.74, 6) is 0.213. The zero-order valence-corrected chi connectivity index (χ0v) is 19.5. The molecule has 2 saturated carbocycles. The van der Waals surface area contributed by atoms with Gasteiger partial charge in [0.1, 0.15) is 6.61 Å². The minimum Gasteiger partial charge on any atom is -0.462 e. The highest BCUT2D eigenvalue weighted by atomic mass is 16.6. The van der Waals surface area contributed by atoms with Gasteiger partial charge in [0, 0.05) is 13.0 Å².